The fourth-order valence-corrected chi connectivity index (χ4v) is 2.58. The van der Waals surface area contributed by atoms with Crippen LogP contribution in [-0.4, -0.2) is 30.1 Å². The number of carbonyl (C=O) groups is 1. The van der Waals surface area contributed by atoms with Gasteiger partial charge in [-0.1, -0.05) is 11.3 Å². The first kappa shape index (κ1) is 12.0. The Kier molecular flexibility index (Phi) is 3.29. The summed E-state index contributed by atoms with van der Waals surface area (Å²) in [6.45, 7) is 2.58. The molecular formula is C9H12BrN3O2S. The van der Waals surface area contributed by atoms with Crippen LogP contribution >= 0.6 is 27.3 Å². The third kappa shape index (κ3) is 2.13. The number of hydrogen-bond acceptors (Lipinski definition) is 5. The molecule has 1 amide bonds. The molecule has 1 aromatic rings. The molecular weight excluding hydrogens is 294 g/mol. The lowest BCUT2D eigenvalue weighted by Gasteiger charge is -2.24. The predicted octanol–water partition coefficient (Wildman–Crippen LogP) is 1.21. The van der Waals surface area contributed by atoms with Crippen molar-refractivity contribution in [3.63, 3.8) is 0 Å². The van der Waals surface area contributed by atoms with Crippen LogP contribution in [0.4, 0.5) is 5.13 Å². The minimum Gasteiger partial charge on any atom is -0.379 e. The summed E-state index contributed by atoms with van der Waals surface area (Å²) in [5, 5.41) is 3.32. The molecule has 5 nitrogen and oxygen atoms in total. The number of anilines is 1. The zero-order valence-electron chi connectivity index (χ0n) is 8.70. The van der Waals surface area contributed by atoms with Gasteiger partial charge in [-0.15, -0.1) is 0 Å². The number of ether oxygens (including phenoxy) is 1. The number of nitrogens with one attached hydrogen (secondary N) is 1. The molecule has 0 spiro atoms. The fraction of sp³-hybridized carbons (Fsp3) is 0.556. The fourth-order valence-electron chi connectivity index (χ4n) is 1.47. The minimum atomic E-state index is -0.669. The van der Waals surface area contributed by atoms with Crippen molar-refractivity contribution in [2.24, 2.45) is 11.1 Å². The van der Waals surface area contributed by atoms with Crippen molar-refractivity contribution < 1.29 is 9.53 Å². The molecule has 7 heteroatoms. The second-order valence-electron chi connectivity index (χ2n) is 3.96. The van der Waals surface area contributed by atoms with E-state index in [4.69, 9.17) is 10.5 Å². The molecule has 0 aliphatic carbocycles. The number of nitrogens with two attached hydrogens (primary N) is 1. The summed E-state index contributed by atoms with van der Waals surface area (Å²) in [6, 6.07) is -0.268. The highest BCUT2D eigenvalue weighted by Crippen LogP contribution is 2.30. The first-order valence-corrected chi connectivity index (χ1v) is 6.39. The minimum absolute atomic E-state index is 0.139. The summed E-state index contributed by atoms with van der Waals surface area (Å²) in [5.41, 5.74) is 5.19. The second kappa shape index (κ2) is 4.40. The number of hydrogen-bond donors (Lipinski definition) is 2. The maximum Gasteiger partial charge on any atom is 0.236 e. The SMILES string of the molecule is CC1(C(=O)Nc2ncc(Br)s2)COCC1N. The van der Waals surface area contributed by atoms with Crippen molar-refractivity contribution in [2.45, 2.75) is 13.0 Å². The highest BCUT2D eigenvalue weighted by molar-refractivity contribution is 9.11. The highest BCUT2D eigenvalue weighted by atomic mass is 79.9. The van der Waals surface area contributed by atoms with Gasteiger partial charge >= 0.3 is 0 Å². The standard InChI is InChI=1S/C9H12BrN3O2S/c1-9(4-15-3-5(9)11)7(14)13-8-12-2-6(10)16-8/h2,5H,3-4,11H2,1H3,(H,12,13,14). The van der Waals surface area contributed by atoms with E-state index in [2.05, 4.69) is 26.2 Å². The molecule has 16 heavy (non-hydrogen) atoms. The molecule has 0 bridgehead atoms. The van der Waals surface area contributed by atoms with Crippen molar-refractivity contribution in [1.82, 2.24) is 4.98 Å². The number of nitrogens with zero attached hydrogens (tertiary/aromatic N) is 1. The molecule has 0 radical (unpaired) electrons. The lowest BCUT2D eigenvalue weighted by molar-refractivity contribution is -0.125. The summed E-state index contributed by atoms with van der Waals surface area (Å²) in [7, 11) is 0. The molecule has 2 heterocycles. The van der Waals surface area contributed by atoms with Crippen molar-refractivity contribution in [3.8, 4) is 0 Å². The summed E-state index contributed by atoms with van der Waals surface area (Å²) in [6.07, 6.45) is 1.65. The Labute approximate surface area is 106 Å². The van der Waals surface area contributed by atoms with Gasteiger partial charge < -0.3 is 15.8 Å². The topological polar surface area (TPSA) is 77.2 Å². The van der Waals surface area contributed by atoms with Crippen LogP contribution in [-0.2, 0) is 9.53 Å². The zero-order chi connectivity index (χ0) is 11.8. The van der Waals surface area contributed by atoms with Crippen molar-refractivity contribution in [3.05, 3.63) is 9.98 Å². The number of carbonyl (C=O) groups excluding carboxylic acids is 1. The maximum atomic E-state index is 12.0. The van der Waals surface area contributed by atoms with Gasteiger partial charge in [0.05, 0.1) is 28.6 Å². The monoisotopic (exact) mass is 305 g/mol. The zero-order valence-corrected chi connectivity index (χ0v) is 11.1. The van der Waals surface area contributed by atoms with Crippen molar-refractivity contribution >= 4 is 38.3 Å². The van der Waals surface area contributed by atoms with E-state index in [0.29, 0.717) is 18.3 Å². The molecule has 3 N–H and O–H groups in total. The van der Waals surface area contributed by atoms with Gasteiger partial charge in [0.15, 0.2) is 5.13 Å². The van der Waals surface area contributed by atoms with E-state index in [9.17, 15) is 4.79 Å². The molecule has 1 aliphatic heterocycles. The van der Waals surface area contributed by atoms with Crippen LogP contribution in [0, 0.1) is 5.41 Å². The Hall–Kier alpha value is -0.500. The summed E-state index contributed by atoms with van der Waals surface area (Å²) in [4.78, 5) is 16.1. The summed E-state index contributed by atoms with van der Waals surface area (Å²) >= 11 is 4.65. The van der Waals surface area contributed by atoms with Crippen molar-refractivity contribution in [2.75, 3.05) is 18.5 Å². The smallest absolute Gasteiger partial charge is 0.236 e. The highest BCUT2D eigenvalue weighted by Gasteiger charge is 2.44. The van der Waals surface area contributed by atoms with Gasteiger partial charge in [-0.2, -0.15) is 0 Å². The predicted molar refractivity (Wildman–Crippen MR) is 65.3 cm³/mol. The third-order valence-electron chi connectivity index (χ3n) is 2.73. The Balaban J connectivity index is 2.08. The summed E-state index contributed by atoms with van der Waals surface area (Å²) in [5.74, 6) is -0.139. The van der Waals surface area contributed by atoms with Crippen molar-refractivity contribution in [1.29, 1.82) is 0 Å². The molecule has 1 aliphatic rings. The molecule has 2 rings (SSSR count). The quantitative estimate of drug-likeness (QED) is 0.861. The lowest BCUT2D eigenvalue weighted by atomic mass is 9.85. The van der Waals surface area contributed by atoms with Gasteiger partial charge in [-0.3, -0.25) is 4.79 Å². The molecule has 1 saturated heterocycles. The second-order valence-corrected chi connectivity index (χ2v) is 6.37. The van der Waals surface area contributed by atoms with Crippen LogP contribution in [0.1, 0.15) is 6.92 Å². The van der Waals surface area contributed by atoms with E-state index < -0.39 is 5.41 Å². The lowest BCUT2D eigenvalue weighted by Crippen LogP contribution is -2.47. The van der Waals surface area contributed by atoms with E-state index in [1.165, 1.54) is 11.3 Å². The molecule has 88 valence electrons. The molecule has 2 atom stereocenters. The van der Waals surface area contributed by atoms with Crippen LogP contribution in [0.25, 0.3) is 0 Å². The van der Waals surface area contributed by atoms with Gasteiger partial charge in [-0.25, -0.2) is 4.98 Å². The van der Waals surface area contributed by atoms with E-state index >= 15 is 0 Å². The Morgan fingerprint density at radius 1 is 1.88 bits per heavy atom. The molecule has 1 aromatic heterocycles. The normalized spacial score (nSPS) is 29.3. The maximum absolute atomic E-state index is 12.0. The van der Waals surface area contributed by atoms with Crippen LogP contribution in [0.15, 0.2) is 9.98 Å². The van der Waals surface area contributed by atoms with Crippen LogP contribution in [0.2, 0.25) is 0 Å². The number of halogens is 1. The Morgan fingerprint density at radius 2 is 2.62 bits per heavy atom. The van der Waals surface area contributed by atoms with Gasteiger partial charge in [0.1, 0.15) is 0 Å². The van der Waals surface area contributed by atoms with Gasteiger partial charge in [0.2, 0.25) is 5.91 Å². The van der Waals surface area contributed by atoms with Gasteiger partial charge in [0, 0.05) is 6.04 Å². The molecule has 0 aromatic carbocycles. The van der Waals surface area contributed by atoms with Crippen LogP contribution in [0.5, 0.6) is 0 Å². The van der Waals surface area contributed by atoms with Gasteiger partial charge in [0.25, 0.3) is 0 Å². The number of aromatic nitrogens is 1. The Morgan fingerprint density at radius 3 is 3.12 bits per heavy atom. The molecule has 2 unspecified atom stereocenters. The first-order chi connectivity index (χ1) is 7.52. The number of thiazole rings is 1. The van der Waals surface area contributed by atoms with Crippen LogP contribution in [0.3, 0.4) is 0 Å². The largest absolute Gasteiger partial charge is 0.379 e. The van der Waals surface area contributed by atoms with E-state index in [-0.39, 0.29) is 11.9 Å². The van der Waals surface area contributed by atoms with Gasteiger partial charge in [-0.05, 0) is 22.9 Å². The molecule has 1 fully saturated rings. The third-order valence-corrected chi connectivity index (χ3v) is 4.13. The first-order valence-electron chi connectivity index (χ1n) is 4.78. The average Bonchev–Trinajstić information content (AvgIpc) is 2.76. The average molecular weight is 306 g/mol. The Bertz CT molecular complexity index is 411. The number of amides is 1. The number of rotatable bonds is 2. The molecule has 0 saturated carbocycles. The summed E-state index contributed by atoms with van der Waals surface area (Å²) < 4.78 is 6.10. The van der Waals surface area contributed by atoms with Crippen LogP contribution < -0.4 is 11.1 Å². The van der Waals surface area contributed by atoms with E-state index in [0.717, 1.165) is 3.79 Å². The van der Waals surface area contributed by atoms with E-state index in [1.807, 2.05) is 6.92 Å². The van der Waals surface area contributed by atoms with E-state index in [1.54, 1.807) is 6.20 Å².